The Morgan fingerprint density at radius 1 is 1.00 bits per heavy atom. The van der Waals surface area contributed by atoms with Gasteiger partial charge in [-0.15, -0.1) is 11.3 Å². The van der Waals surface area contributed by atoms with E-state index in [1.807, 2.05) is 41.2 Å². The zero-order valence-corrected chi connectivity index (χ0v) is 18.1. The van der Waals surface area contributed by atoms with Crippen LogP contribution in [0, 0.1) is 0 Å². The summed E-state index contributed by atoms with van der Waals surface area (Å²) in [4.78, 5) is 5.50. The number of nitrogens with zero attached hydrogens (tertiary/aromatic N) is 2. The van der Waals surface area contributed by atoms with Crippen LogP contribution < -0.4 is 0 Å². The van der Waals surface area contributed by atoms with E-state index < -0.39 is 5.60 Å². The SMILES string of the molecule is CC(C)(O)c1cc(-c2ccc(-c3cccc4[nH]ccc34)s2)n(-c2ccccc2Cl)n1. The maximum Gasteiger partial charge on any atom is 0.103 e. The third kappa shape index (κ3) is 3.25. The first-order chi connectivity index (χ1) is 14.4. The van der Waals surface area contributed by atoms with Crippen LogP contribution in [0.1, 0.15) is 19.5 Å². The fourth-order valence-electron chi connectivity index (χ4n) is 3.58. The van der Waals surface area contributed by atoms with Gasteiger partial charge in [-0.05, 0) is 56.3 Å². The van der Waals surface area contributed by atoms with Crippen LogP contribution >= 0.6 is 22.9 Å². The second-order valence-electron chi connectivity index (χ2n) is 7.75. The molecule has 3 aromatic heterocycles. The van der Waals surface area contributed by atoms with Gasteiger partial charge in [0.1, 0.15) is 5.60 Å². The van der Waals surface area contributed by atoms with Gasteiger partial charge in [0.25, 0.3) is 0 Å². The Hall–Kier alpha value is -2.86. The first kappa shape index (κ1) is 19.1. The minimum Gasteiger partial charge on any atom is -0.384 e. The number of nitrogens with one attached hydrogen (secondary N) is 1. The molecular formula is C24H20ClN3OS. The first-order valence-corrected chi connectivity index (χ1v) is 10.9. The number of aliphatic hydroxyl groups is 1. The molecule has 0 aliphatic heterocycles. The maximum absolute atomic E-state index is 10.6. The van der Waals surface area contributed by atoms with Crippen LogP contribution in [0.25, 0.3) is 37.6 Å². The van der Waals surface area contributed by atoms with Crippen molar-refractivity contribution in [2.75, 3.05) is 0 Å². The fraction of sp³-hybridized carbons (Fsp3) is 0.125. The summed E-state index contributed by atoms with van der Waals surface area (Å²) in [6, 6.07) is 22.2. The van der Waals surface area contributed by atoms with Crippen LogP contribution in [-0.2, 0) is 5.60 Å². The molecule has 4 nitrogen and oxygen atoms in total. The standard InChI is InChI=1S/C24H20ClN3OS/c1-24(2,29)23-14-20(28(27-23)19-9-4-3-7-17(19)25)22-11-10-21(30-22)16-6-5-8-18-15(16)12-13-26-18/h3-14,26,29H,1-2H3. The topological polar surface area (TPSA) is 53.8 Å². The van der Waals surface area contributed by atoms with Crippen molar-refractivity contribution in [3.8, 4) is 26.7 Å². The van der Waals surface area contributed by atoms with E-state index in [4.69, 9.17) is 16.7 Å². The zero-order chi connectivity index (χ0) is 20.9. The molecule has 0 radical (unpaired) electrons. The highest BCUT2D eigenvalue weighted by Gasteiger charge is 2.24. The molecule has 0 fully saturated rings. The summed E-state index contributed by atoms with van der Waals surface area (Å²) in [5.41, 5.74) is 3.53. The number of halogens is 1. The van der Waals surface area contributed by atoms with E-state index in [1.54, 1.807) is 25.2 Å². The van der Waals surface area contributed by atoms with Gasteiger partial charge in [-0.2, -0.15) is 5.10 Å². The Bertz CT molecular complexity index is 1360. The predicted octanol–water partition coefficient (Wildman–Crippen LogP) is 6.63. The summed E-state index contributed by atoms with van der Waals surface area (Å²) < 4.78 is 1.82. The van der Waals surface area contributed by atoms with Crippen LogP contribution in [0.4, 0.5) is 0 Å². The zero-order valence-electron chi connectivity index (χ0n) is 16.6. The smallest absolute Gasteiger partial charge is 0.103 e. The first-order valence-electron chi connectivity index (χ1n) is 9.66. The van der Waals surface area contributed by atoms with Crippen molar-refractivity contribution in [3.05, 3.63) is 83.6 Å². The molecule has 150 valence electrons. The van der Waals surface area contributed by atoms with E-state index in [1.165, 1.54) is 15.8 Å². The van der Waals surface area contributed by atoms with Crippen molar-refractivity contribution < 1.29 is 5.11 Å². The van der Waals surface area contributed by atoms with Gasteiger partial charge in [-0.1, -0.05) is 35.9 Å². The number of hydrogen-bond acceptors (Lipinski definition) is 3. The van der Waals surface area contributed by atoms with Gasteiger partial charge in [0.2, 0.25) is 0 Å². The number of benzene rings is 2. The Balaban J connectivity index is 1.67. The van der Waals surface area contributed by atoms with Crippen LogP contribution in [-0.4, -0.2) is 19.9 Å². The number of fused-ring (bicyclic) bond motifs is 1. The minimum atomic E-state index is -1.06. The third-order valence-corrected chi connectivity index (χ3v) is 6.60. The molecule has 0 saturated carbocycles. The lowest BCUT2D eigenvalue weighted by atomic mass is 10.1. The second-order valence-corrected chi connectivity index (χ2v) is 9.24. The molecular weight excluding hydrogens is 414 g/mol. The van der Waals surface area contributed by atoms with E-state index in [0.29, 0.717) is 10.7 Å². The quantitative estimate of drug-likeness (QED) is 0.334. The van der Waals surface area contributed by atoms with E-state index >= 15 is 0 Å². The molecule has 0 bridgehead atoms. The van der Waals surface area contributed by atoms with E-state index in [9.17, 15) is 5.11 Å². The lowest BCUT2D eigenvalue weighted by Crippen LogP contribution is -2.16. The maximum atomic E-state index is 10.6. The Kier molecular flexibility index (Phi) is 4.54. The van der Waals surface area contributed by atoms with E-state index in [-0.39, 0.29) is 0 Å². The number of H-pyrrole nitrogens is 1. The third-order valence-electron chi connectivity index (χ3n) is 5.14. The van der Waals surface area contributed by atoms with E-state index in [0.717, 1.165) is 21.8 Å². The number of rotatable bonds is 4. The lowest BCUT2D eigenvalue weighted by molar-refractivity contribution is 0.0734. The normalized spacial score (nSPS) is 12.0. The molecule has 0 amide bonds. The molecule has 0 atom stereocenters. The van der Waals surface area contributed by atoms with Gasteiger partial charge in [-0.3, -0.25) is 0 Å². The Morgan fingerprint density at radius 3 is 2.60 bits per heavy atom. The second kappa shape index (κ2) is 7.13. The molecule has 0 spiro atoms. The minimum absolute atomic E-state index is 0.597. The number of aromatic nitrogens is 3. The average molecular weight is 434 g/mol. The summed E-state index contributed by atoms with van der Waals surface area (Å²) in [5, 5.41) is 17.1. The summed E-state index contributed by atoms with van der Waals surface area (Å²) in [5.74, 6) is 0. The lowest BCUT2D eigenvalue weighted by Gasteiger charge is -2.13. The molecule has 0 saturated heterocycles. The van der Waals surface area contributed by atoms with Crippen LogP contribution in [0.15, 0.2) is 72.9 Å². The molecule has 5 rings (SSSR count). The fourth-order valence-corrected chi connectivity index (χ4v) is 4.85. The molecule has 5 aromatic rings. The number of hydrogen-bond donors (Lipinski definition) is 2. The largest absolute Gasteiger partial charge is 0.384 e. The van der Waals surface area contributed by atoms with Crippen molar-refractivity contribution in [2.45, 2.75) is 19.4 Å². The molecule has 2 N–H and O–H groups in total. The van der Waals surface area contributed by atoms with Crippen LogP contribution in [0.3, 0.4) is 0 Å². The van der Waals surface area contributed by atoms with E-state index in [2.05, 4.69) is 41.4 Å². The van der Waals surface area contributed by atoms with Crippen LogP contribution in [0.5, 0.6) is 0 Å². The van der Waals surface area contributed by atoms with Crippen molar-refractivity contribution in [3.63, 3.8) is 0 Å². The summed E-state index contributed by atoms with van der Waals surface area (Å²) in [6.45, 7) is 3.48. The summed E-state index contributed by atoms with van der Waals surface area (Å²) in [6.07, 6.45) is 1.96. The molecule has 3 heterocycles. The molecule has 0 aliphatic carbocycles. The predicted molar refractivity (Wildman–Crippen MR) is 124 cm³/mol. The van der Waals surface area contributed by atoms with Gasteiger partial charge < -0.3 is 10.1 Å². The monoisotopic (exact) mass is 433 g/mol. The van der Waals surface area contributed by atoms with Crippen molar-refractivity contribution in [1.82, 2.24) is 14.8 Å². The number of para-hydroxylation sites is 1. The number of thiophene rings is 1. The van der Waals surface area contributed by atoms with Gasteiger partial charge >= 0.3 is 0 Å². The molecule has 6 heteroatoms. The van der Waals surface area contributed by atoms with Crippen molar-refractivity contribution >= 4 is 33.8 Å². The van der Waals surface area contributed by atoms with Gasteiger partial charge in [0.05, 0.1) is 27.0 Å². The highest BCUT2D eigenvalue weighted by atomic mass is 35.5. The number of aromatic amines is 1. The molecule has 0 aliphatic rings. The Morgan fingerprint density at radius 2 is 1.80 bits per heavy atom. The van der Waals surface area contributed by atoms with Crippen molar-refractivity contribution in [1.29, 1.82) is 0 Å². The molecule has 2 aromatic carbocycles. The average Bonchev–Trinajstić information content (AvgIpc) is 3.45. The summed E-state index contributed by atoms with van der Waals surface area (Å²) >= 11 is 8.17. The highest BCUT2D eigenvalue weighted by molar-refractivity contribution is 7.18. The molecule has 0 unspecified atom stereocenters. The Labute approximate surface area is 183 Å². The van der Waals surface area contributed by atoms with Gasteiger partial charge in [-0.25, -0.2) is 4.68 Å². The van der Waals surface area contributed by atoms with Crippen molar-refractivity contribution in [2.24, 2.45) is 0 Å². The van der Waals surface area contributed by atoms with Gasteiger partial charge in [0.15, 0.2) is 0 Å². The van der Waals surface area contributed by atoms with Gasteiger partial charge in [0, 0.05) is 27.5 Å². The highest BCUT2D eigenvalue weighted by Crippen LogP contribution is 2.39. The molecule has 30 heavy (non-hydrogen) atoms. The summed E-state index contributed by atoms with van der Waals surface area (Å²) in [7, 11) is 0. The van der Waals surface area contributed by atoms with Crippen LogP contribution in [0.2, 0.25) is 5.02 Å².